The molecule has 0 amide bonds. The second-order valence-corrected chi connectivity index (χ2v) is 4.94. The number of hydrogen-bond donors (Lipinski definition) is 1. The van der Waals surface area contributed by atoms with E-state index in [0.717, 1.165) is 28.8 Å². The molecule has 1 heterocycles. The van der Waals surface area contributed by atoms with Crippen molar-refractivity contribution in [2.75, 3.05) is 0 Å². The Kier molecular flexibility index (Phi) is 4.00. The second kappa shape index (κ2) is 5.53. The van der Waals surface area contributed by atoms with E-state index in [4.69, 9.17) is 5.73 Å². The summed E-state index contributed by atoms with van der Waals surface area (Å²) in [7, 11) is 1.90. The fourth-order valence-electron chi connectivity index (χ4n) is 2.37. The molecule has 0 bridgehead atoms. The first kappa shape index (κ1) is 13.7. The number of aryl methyl sites for hydroxylation is 3. The van der Waals surface area contributed by atoms with E-state index in [1.54, 1.807) is 10.7 Å². The summed E-state index contributed by atoms with van der Waals surface area (Å²) in [5, 5.41) is 4.41. The van der Waals surface area contributed by atoms with E-state index in [1.807, 2.05) is 26.2 Å². The summed E-state index contributed by atoms with van der Waals surface area (Å²) < 4.78 is 14.9. The number of nitrogens with two attached hydrogens (primary N) is 1. The largest absolute Gasteiger partial charge is 0.324 e. The van der Waals surface area contributed by atoms with Gasteiger partial charge in [-0.1, -0.05) is 13.0 Å². The van der Waals surface area contributed by atoms with Crippen LogP contribution in [0, 0.1) is 12.7 Å². The summed E-state index contributed by atoms with van der Waals surface area (Å²) in [5.41, 5.74) is 10.4. The van der Waals surface area contributed by atoms with Gasteiger partial charge in [0.1, 0.15) is 5.82 Å². The van der Waals surface area contributed by atoms with Crippen LogP contribution < -0.4 is 5.73 Å². The molecule has 4 heteroatoms. The molecule has 0 aliphatic rings. The van der Waals surface area contributed by atoms with Gasteiger partial charge in [-0.25, -0.2) is 4.39 Å². The highest BCUT2D eigenvalue weighted by Gasteiger charge is 2.15. The van der Waals surface area contributed by atoms with Crippen molar-refractivity contribution >= 4 is 0 Å². The number of rotatable bonds is 4. The van der Waals surface area contributed by atoms with Crippen LogP contribution in [0.25, 0.3) is 0 Å². The molecule has 2 aromatic rings. The van der Waals surface area contributed by atoms with Crippen LogP contribution >= 0.6 is 0 Å². The summed E-state index contributed by atoms with van der Waals surface area (Å²) in [5.74, 6) is -0.203. The van der Waals surface area contributed by atoms with Crippen molar-refractivity contribution < 1.29 is 4.39 Å². The van der Waals surface area contributed by atoms with Gasteiger partial charge in [-0.3, -0.25) is 4.68 Å². The smallest absolute Gasteiger partial charge is 0.123 e. The monoisotopic (exact) mass is 261 g/mol. The fourth-order valence-corrected chi connectivity index (χ4v) is 2.37. The van der Waals surface area contributed by atoms with Crippen LogP contribution in [0.3, 0.4) is 0 Å². The zero-order valence-corrected chi connectivity index (χ0v) is 11.7. The first-order valence-corrected chi connectivity index (χ1v) is 6.54. The van der Waals surface area contributed by atoms with E-state index in [2.05, 4.69) is 12.0 Å². The van der Waals surface area contributed by atoms with Gasteiger partial charge in [-0.15, -0.1) is 0 Å². The molecule has 0 aliphatic carbocycles. The van der Waals surface area contributed by atoms with Crippen LogP contribution in [0.1, 0.15) is 35.3 Å². The number of nitrogens with zero attached hydrogens (tertiary/aromatic N) is 2. The molecule has 0 saturated carbocycles. The molecular weight excluding hydrogens is 241 g/mol. The van der Waals surface area contributed by atoms with E-state index in [1.165, 1.54) is 6.07 Å². The van der Waals surface area contributed by atoms with E-state index in [-0.39, 0.29) is 11.9 Å². The van der Waals surface area contributed by atoms with Crippen molar-refractivity contribution in [3.63, 3.8) is 0 Å². The van der Waals surface area contributed by atoms with E-state index in [0.29, 0.717) is 6.42 Å². The molecule has 0 aliphatic heterocycles. The third-order valence-corrected chi connectivity index (χ3v) is 3.42. The van der Waals surface area contributed by atoms with Gasteiger partial charge in [-0.05, 0) is 43.0 Å². The lowest BCUT2D eigenvalue weighted by molar-refractivity contribution is 0.623. The van der Waals surface area contributed by atoms with Crippen LogP contribution in [-0.4, -0.2) is 9.78 Å². The quantitative estimate of drug-likeness (QED) is 0.919. The molecule has 0 fully saturated rings. The Balaban J connectivity index is 2.22. The molecule has 2 N–H and O–H groups in total. The zero-order valence-electron chi connectivity index (χ0n) is 11.7. The molecule has 1 aromatic carbocycles. The van der Waals surface area contributed by atoms with E-state index < -0.39 is 0 Å². The van der Waals surface area contributed by atoms with Gasteiger partial charge in [-0.2, -0.15) is 5.10 Å². The number of aromatic nitrogens is 2. The summed E-state index contributed by atoms with van der Waals surface area (Å²) in [4.78, 5) is 0. The maximum absolute atomic E-state index is 13.1. The summed E-state index contributed by atoms with van der Waals surface area (Å²) in [6.07, 6.45) is 3.54. The van der Waals surface area contributed by atoms with Gasteiger partial charge in [0.15, 0.2) is 0 Å². The Labute approximate surface area is 113 Å². The van der Waals surface area contributed by atoms with Gasteiger partial charge < -0.3 is 5.73 Å². The van der Waals surface area contributed by atoms with Crippen LogP contribution in [-0.2, 0) is 19.9 Å². The van der Waals surface area contributed by atoms with Crippen molar-refractivity contribution in [1.82, 2.24) is 9.78 Å². The van der Waals surface area contributed by atoms with Crippen molar-refractivity contribution in [3.8, 4) is 0 Å². The number of hydrogen-bond acceptors (Lipinski definition) is 2. The van der Waals surface area contributed by atoms with Gasteiger partial charge >= 0.3 is 0 Å². The number of benzene rings is 1. The summed E-state index contributed by atoms with van der Waals surface area (Å²) in [6, 6.07) is 4.74. The van der Waals surface area contributed by atoms with Crippen LogP contribution in [0.15, 0.2) is 24.4 Å². The van der Waals surface area contributed by atoms with Crippen LogP contribution in [0.5, 0.6) is 0 Å². The normalized spacial score (nSPS) is 12.7. The van der Waals surface area contributed by atoms with Crippen molar-refractivity contribution in [1.29, 1.82) is 0 Å². The lowest BCUT2D eigenvalue weighted by atomic mass is 9.96. The Morgan fingerprint density at radius 2 is 2.16 bits per heavy atom. The molecule has 19 heavy (non-hydrogen) atoms. The van der Waals surface area contributed by atoms with Crippen LogP contribution in [0.2, 0.25) is 0 Å². The predicted molar refractivity (Wildman–Crippen MR) is 74.4 cm³/mol. The lowest BCUT2D eigenvalue weighted by Crippen LogP contribution is -2.15. The third kappa shape index (κ3) is 3.01. The van der Waals surface area contributed by atoms with Crippen LogP contribution in [0.4, 0.5) is 4.39 Å². The molecular formula is C15H20FN3. The molecule has 3 nitrogen and oxygen atoms in total. The van der Waals surface area contributed by atoms with E-state index in [9.17, 15) is 4.39 Å². The first-order chi connectivity index (χ1) is 9.01. The van der Waals surface area contributed by atoms with E-state index >= 15 is 0 Å². The maximum atomic E-state index is 13.1. The minimum atomic E-state index is -0.203. The zero-order chi connectivity index (χ0) is 14.0. The lowest BCUT2D eigenvalue weighted by Gasteiger charge is -2.13. The van der Waals surface area contributed by atoms with Crippen molar-refractivity contribution in [2.24, 2.45) is 12.8 Å². The topological polar surface area (TPSA) is 43.8 Å². The highest BCUT2D eigenvalue weighted by Crippen LogP contribution is 2.21. The molecule has 1 aromatic heterocycles. The maximum Gasteiger partial charge on any atom is 0.123 e. The Bertz CT molecular complexity index is 575. The second-order valence-electron chi connectivity index (χ2n) is 4.94. The SMILES string of the molecule is CCc1nn(C)cc1C(N)Cc1ccc(F)cc1C. The Hall–Kier alpha value is -1.68. The highest BCUT2D eigenvalue weighted by atomic mass is 19.1. The predicted octanol–water partition coefficient (Wildman–Crippen LogP) is 2.67. The first-order valence-electron chi connectivity index (χ1n) is 6.54. The van der Waals surface area contributed by atoms with Gasteiger partial charge in [0.05, 0.1) is 5.69 Å². The van der Waals surface area contributed by atoms with Gasteiger partial charge in [0, 0.05) is 24.8 Å². The summed E-state index contributed by atoms with van der Waals surface area (Å²) in [6.45, 7) is 3.98. The summed E-state index contributed by atoms with van der Waals surface area (Å²) >= 11 is 0. The Morgan fingerprint density at radius 3 is 2.79 bits per heavy atom. The molecule has 102 valence electrons. The standard InChI is InChI=1S/C15H20FN3/c1-4-15-13(9-19(3)18-15)14(17)8-11-5-6-12(16)7-10(11)2/h5-7,9,14H,4,8,17H2,1-3H3. The molecule has 1 atom stereocenters. The van der Waals surface area contributed by atoms with Gasteiger partial charge in [0.25, 0.3) is 0 Å². The highest BCUT2D eigenvalue weighted by molar-refractivity contribution is 5.30. The van der Waals surface area contributed by atoms with Crippen molar-refractivity contribution in [3.05, 3.63) is 52.6 Å². The molecule has 0 spiro atoms. The average molecular weight is 261 g/mol. The Morgan fingerprint density at radius 1 is 1.42 bits per heavy atom. The average Bonchev–Trinajstić information content (AvgIpc) is 2.74. The minimum absolute atomic E-state index is 0.104. The minimum Gasteiger partial charge on any atom is -0.324 e. The third-order valence-electron chi connectivity index (χ3n) is 3.42. The van der Waals surface area contributed by atoms with Crippen molar-refractivity contribution in [2.45, 2.75) is 32.7 Å². The molecule has 0 radical (unpaired) electrons. The van der Waals surface area contributed by atoms with Gasteiger partial charge in [0.2, 0.25) is 0 Å². The molecule has 2 rings (SSSR count). The fraction of sp³-hybridized carbons (Fsp3) is 0.400. The molecule has 1 unspecified atom stereocenters. The number of halogens is 1. The molecule has 0 saturated heterocycles.